The summed E-state index contributed by atoms with van der Waals surface area (Å²) < 4.78 is 43.3. The van der Waals surface area contributed by atoms with Gasteiger partial charge in [0.2, 0.25) is 5.91 Å². The summed E-state index contributed by atoms with van der Waals surface area (Å²) in [6.07, 6.45) is 6.87. The molecule has 0 spiro atoms. The van der Waals surface area contributed by atoms with Gasteiger partial charge < -0.3 is 14.6 Å². The van der Waals surface area contributed by atoms with Gasteiger partial charge in [-0.1, -0.05) is 0 Å². The fourth-order valence-electron chi connectivity index (χ4n) is 6.81. The minimum Gasteiger partial charge on any atom is -0.481 e. The predicted octanol–water partition coefficient (Wildman–Crippen LogP) is 5.20. The first-order valence-corrected chi connectivity index (χ1v) is 12.8. The molecule has 0 unspecified atom stereocenters. The smallest absolute Gasteiger partial charge is 0.309 e. The van der Waals surface area contributed by atoms with Gasteiger partial charge in [0.25, 0.3) is 0 Å². The van der Waals surface area contributed by atoms with Crippen LogP contribution in [0.5, 0.6) is 0 Å². The van der Waals surface area contributed by atoms with Gasteiger partial charge in [0.15, 0.2) is 17.5 Å². The number of aromatic nitrogens is 2. The van der Waals surface area contributed by atoms with Gasteiger partial charge in [-0.3, -0.25) is 9.59 Å². The van der Waals surface area contributed by atoms with E-state index < -0.39 is 28.8 Å². The molecule has 2 bridgehead atoms. The summed E-state index contributed by atoms with van der Waals surface area (Å²) >= 11 is 0. The van der Waals surface area contributed by atoms with Crippen molar-refractivity contribution >= 4 is 22.9 Å². The predicted molar refractivity (Wildman–Crippen MR) is 129 cm³/mol. The Morgan fingerprint density at radius 3 is 2.35 bits per heavy atom. The molecular formula is C28H28F3N3O3. The minimum atomic E-state index is -1.50. The fourth-order valence-corrected chi connectivity index (χ4v) is 6.81. The standard InChI is InChI=1S/C28H28F3N3O3/c29-20-12-17(13-21(30)24(20)31)15-34-22-16-33(11-3-18(22)19-2-1-10-32-25(19)34)23(35)14-27-4-7-28(8-5-27,9-6-27)26(36)37/h1-2,10,12-13H,3-9,11,14-16H2,(H,36,37). The zero-order valence-corrected chi connectivity index (χ0v) is 20.4. The van der Waals surface area contributed by atoms with Gasteiger partial charge in [0, 0.05) is 36.8 Å². The number of pyridine rings is 1. The van der Waals surface area contributed by atoms with Crippen LogP contribution in [0.1, 0.15) is 61.8 Å². The summed E-state index contributed by atoms with van der Waals surface area (Å²) in [6, 6.07) is 5.78. The van der Waals surface area contributed by atoms with Crippen LogP contribution in [0.15, 0.2) is 30.5 Å². The number of rotatable bonds is 5. The van der Waals surface area contributed by atoms with E-state index in [0.717, 1.165) is 48.0 Å². The zero-order chi connectivity index (χ0) is 25.9. The van der Waals surface area contributed by atoms with Crippen molar-refractivity contribution in [2.75, 3.05) is 6.54 Å². The van der Waals surface area contributed by atoms with E-state index in [1.54, 1.807) is 6.20 Å². The van der Waals surface area contributed by atoms with Crippen molar-refractivity contribution in [1.29, 1.82) is 0 Å². The highest BCUT2D eigenvalue weighted by Gasteiger charge is 2.53. The number of fused-ring (bicyclic) bond motifs is 6. The number of halogens is 3. The molecule has 2 aromatic heterocycles. The normalized spacial score (nSPS) is 24.9. The molecule has 7 rings (SSSR count). The Morgan fingerprint density at radius 1 is 1.03 bits per heavy atom. The first kappa shape index (κ1) is 24.0. The first-order valence-electron chi connectivity index (χ1n) is 12.8. The topological polar surface area (TPSA) is 75.4 Å². The van der Waals surface area contributed by atoms with Gasteiger partial charge in [-0.15, -0.1) is 0 Å². The molecule has 1 amide bonds. The van der Waals surface area contributed by atoms with Gasteiger partial charge >= 0.3 is 5.97 Å². The molecule has 6 nitrogen and oxygen atoms in total. The Balaban J connectivity index is 1.26. The second-order valence-corrected chi connectivity index (χ2v) is 11.1. The van der Waals surface area contributed by atoms with E-state index in [2.05, 4.69) is 4.98 Å². The molecule has 1 aromatic carbocycles. The van der Waals surface area contributed by atoms with E-state index in [4.69, 9.17) is 0 Å². The van der Waals surface area contributed by atoms with Crippen LogP contribution in [-0.2, 0) is 29.1 Å². The van der Waals surface area contributed by atoms with Gasteiger partial charge in [-0.25, -0.2) is 18.2 Å². The molecule has 9 heteroatoms. The summed E-state index contributed by atoms with van der Waals surface area (Å²) in [5, 5.41) is 10.6. The number of nitrogens with zero attached hydrogens (tertiary/aromatic N) is 3. The third kappa shape index (κ3) is 3.90. The molecule has 3 fully saturated rings. The zero-order valence-electron chi connectivity index (χ0n) is 20.4. The van der Waals surface area contributed by atoms with Crippen LogP contribution >= 0.6 is 0 Å². The molecule has 37 heavy (non-hydrogen) atoms. The summed E-state index contributed by atoms with van der Waals surface area (Å²) in [5.74, 6) is -4.63. The van der Waals surface area contributed by atoms with E-state index in [1.165, 1.54) is 0 Å². The Labute approximate surface area is 212 Å². The van der Waals surface area contributed by atoms with Crippen LogP contribution in [0.2, 0.25) is 0 Å². The maximum absolute atomic E-state index is 13.9. The maximum atomic E-state index is 13.9. The number of carbonyl (C=O) groups excluding carboxylic acids is 1. The van der Waals surface area contributed by atoms with E-state index in [1.807, 2.05) is 21.6 Å². The monoisotopic (exact) mass is 511 g/mol. The molecule has 3 saturated carbocycles. The van der Waals surface area contributed by atoms with Crippen molar-refractivity contribution in [2.24, 2.45) is 10.8 Å². The number of carboxylic acid groups (broad SMARTS) is 1. The van der Waals surface area contributed by atoms with Crippen LogP contribution < -0.4 is 0 Å². The van der Waals surface area contributed by atoms with Crippen molar-refractivity contribution < 1.29 is 27.9 Å². The maximum Gasteiger partial charge on any atom is 0.309 e. The molecule has 0 radical (unpaired) electrons. The molecule has 0 atom stereocenters. The highest BCUT2D eigenvalue weighted by molar-refractivity contribution is 5.84. The van der Waals surface area contributed by atoms with E-state index in [9.17, 15) is 27.9 Å². The van der Waals surface area contributed by atoms with E-state index in [-0.39, 0.29) is 23.4 Å². The minimum absolute atomic E-state index is 0.0546. The van der Waals surface area contributed by atoms with Crippen LogP contribution in [0.25, 0.3) is 11.0 Å². The van der Waals surface area contributed by atoms with E-state index >= 15 is 0 Å². The molecule has 3 aliphatic carbocycles. The molecule has 0 saturated heterocycles. The third-order valence-corrected chi connectivity index (χ3v) is 9.13. The van der Waals surface area contributed by atoms with Crippen molar-refractivity contribution in [1.82, 2.24) is 14.5 Å². The lowest BCUT2D eigenvalue weighted by atomic mass is 9.53. The summed E-state index contributed by atoms with van der Waals surface area (Å²) in [4.78, 5) is 31.6. The lowest BCUT2D eigenvalue weighted by Crippen LogP contribution is -2.48. The Hall–Kier alpha value is -3.36. The van der Waals surface area contributed by atoms with Crippen molar-refractivity contribution in [3.8, 4) is 0 Å². The second-order valence-electron chi connectivity index (χ2n) is 11.1. The third-order valence-electron chi connectivity index (χ3n) is 9.13. The molecular weight excluding hydrogens is 483 g/mol. The lowest BCUT2D eigenvalue weighted by Gasteiger charge is -2.51. The number of amides is 1. The SMILES string of the molecule is O=C(CC12CCC(C(=O)O)(CC1)CC2)N1CCc2c(n(Cc3cc(F)c(F)c(F)c3)c3ncccc23)C1. The summed E-state index contributed by atoms with van der Waals surface area (Å²) in [5.41, 5.74) is 2.12. The molecule has 4 aliphatic rings. The summed E-state index contributed by atoms with van der Waals surface area (Å²) in [7, 11) is 0. The molecule has 194 valence electrons. The highest BCUT2D eigenvalue weighted by Crippen LogP contribution is 2.58. The second kappa shape index (κ2) is 8.60. The molecule has 3 heterocycles. The van der Waals surface area contributed by atoms with Crippen LogP contribution in [0, 0.1) is 28.3 Å². The number of aliphatic carboxylic acids is 1. The average Bonchev–Trinajstić information content (AvgIpc) is 3.21. The number of hydrogen-bond donors (Lipinski definition) is 1. The Bertz CT molecular complexity index is 1390. The lowest BCUT2D eigenvalue weighted by molar-refractivity contribution is -0.160. The van der Waals surface area contributed by atoms with E-state index in [0.29, 0.717) is 50.8 Å². The quantitative estimate of drug-likeness (QED) is 0.478. The van der Waals surface area contributed by atoms with Crippen LogP contribution in [-0.4, -0.2) is 38.0 Å². The number of carboxylic acids is 1. The van der Waals surface area contributed by atoms with Gasteiger partial charge in [-0.05, 0) is 85.8 Å². The molecule has 3 aromatic rings. The number of hydrogen-bond acceptors (Lipinski definition) is 3. The molecule has 1 aliphatic heterocycles. The summed E-state index contributed by atoms with van der Waals surface area (Å²) in [6.45, 7) is 1.01. The number of benzene rings is 1. The Morgan fingerprint density at radius 2 is 1.70 bits per heavy atom. The van der Waals surface area contributed by atoms with Gasteiger partial charge in [0.05, 0.1) is 12.0 Å². The first-order chi connectivity index (χ1) is 17.7. The average molecular weight is 512 g/mol. The van der Waals surface area contributed by atoms with Gasteiger partial charge in [-0.2, -0.15) is 0 Å². The van der Waals surface area contributed by atoms with Gasteiger partial charge in [0.1, 0.15) is 5.65 Å². The van der Waals surface area contributed by atoms with Crippen LogP contribution in [0.3, 0.4) is 0 Å². The number of carbonyl (C=O) groups is 2. The fraction of sp³-hybridized carbons (Fsp3) is 0.464. The highest BCUT2D eigenvalue weighted by atomic mass is 19.2. The molecule has 1 N–H and O–H groups in total. The van der Waals surface area contributed by atoms with Crippen LogP contribution in [0.4, 0.5) is 13.2 Å². The van der Waals surface area contributed by atoms with Crippen molar-refractivity contribution in [2.45, 2.75) is 64.5 Å². The largest absolute Gasteiger partial charge is 0.481 e. The van der Waals surface area contributed by atoms with Crippen molar-refractivity contribution in [3.63, 3.8) is 0 Å². The Kier molecular flexibility index (Phi) is 5.58. The van der Waals surface area contributed by atoms with Crippen molar-refractivity contribution in [3.05, 3.63) is 64.7 Å².